The van der Waals surface area contributed by atoms with Gasteiger partial charge in [0.05, 0.1) is 25.6 Å². The van der Waals surface area contributed by atoms with Crippen LogP contribution in [0.4, 0.5) is 5.95 Å². The van der Waals surface area contributed by atoms with Crippen LogP contribution in [0.5, 0.6) is 11.5 Å². The molecule has 5 heteroatoms. The third-order valence-electron chi connectivity index (χ3n) is 4.08. The van der Waals surface area contributed by atoms with Crippen molar-refractivity contribution < 1.29 is 9.47 Å². The average molecular weight is 337 g/mol. The average Bonchev–Trinajstić information content (AvgIpc) is 3.02. The maximum Gasteiger partial charge on any atom is 0.203 e. The Kier molecular flexibility index (Phi) is 5.23. The van der Waals surface area contributed by atoms with E-state index in [1.54, 1.807) is 7.11 Å². The smallest absolute Gasteiger partial charge is 0.203 e. The lowest BCUT2D eigenvalue weighted by Crippen LogP contribution is -2.06. The second-order valence-electron chi connectivity index (χ2n) is 5.65. The number of hydrogen-bond acceptors (Lipinski definition) is 4. The molecule has 0 fully saturated rings. The molecule has 1 heterocycles. The van der Waals surface area contributed by atoms with E-state index < -0.39 is 0 Å². The SMILES string of the molecule is CCOc1ccc(-c2cnc(NCc3ccccc3OC)n2C)cc1. The lowest BCUT2D eigenvalue weighted by Gasteiger charge is -2.11. The van der Waals surface area contributed by atoms with Crippen molar-refractivity contribution in [1.29, 1.82) is 0 Å². The van der Waals surface area contributed by atoms with Gasteiger partial charge in [-0.05, 0) is 37.3 Å². The normalized spacial score (nSPS) is 10.5. The van der Waals surface area contributed by atoms with Gasteiger partial charge in [0.1, 0.15) is 11.5 Å². The van der Waals surface area contributed by atoms with E-state index in [1.165, 1.54) is 0 Å². The van der Waals surface area contributed by atoms with Gasteiger partial charge in [-0.15, -0.1) is 0 Å². The van der Waals surface area contributed by atoms with Gasteiger partial charge in [-0.2, -0.15) is 0 Å². The minimum absolute atomic E-state index is 0.650. The topological polar surface area (TPSA) is 48.3 Å². The van der Waals surface area contributed by atoms with Crippen molar-refractivity contribution in [3.05, 3.63) is 60.3 Å². The Balaban J connectivity index is 1.74. The standard InChI is InChI=1S/C20H23N3O2/c1-4-25-17-11-9-15(10-12-17)18-14-22-20(23(18)2)21-13-16-7-5-6-8-19(16)24-3/h5-12,14H,4,13H2,1-3H3,(H,21,22). The lowest BCUT2D eigenvalue weighted by atomic mass is 10.1. The van der Waals surface area contributed by atoms with Crippen molar-refractivity contribution in [2.45, 2.75) is 13.5 Å². The Morgan fingerprint density at radius 1 is 1.08 bits per heavy atom. The maximum atomic E-state index is 5.49. The van der Waals surface area contributed by atoms with E-state index in [4.69, 9.17) is 9.47 Å². The summed E-state index contributed by atoms with van der Waals surface area (Å²) < 4.78 is 12.9. The molecular weight excluding hydrogens is 314 g/mol. The molecule has 25 heavy (non-hydrogen) atoms. The van der Waals surface area contributed by atoms with Gasteiger partial charge in [0, 0.05) is 24.7 Å². The highest BCUT2D eigenvalue weighted by molar-refractivity contribution is 5.62. The predicted molar refractivity (Wildman–Crippen MR) is 100 cm³/mol. The maximum absolute atomic E-state index is 5.49. The van der Waals surface area contributed by atoms with Crippen LogP contribution < -0.4 is 14.8 Å². The number of hydrogen-bond donors (Lipinski definition) is 1. The molecule has 5 nitrogen and oxygen atoms in total. The van der Waals surface area contributed by atoms with Crippen molar-refractivity contribution in [3.8, 4) is 22.8 Å². The van der Waals surface area contributed by atoms with Crippen LogP contribution in [-0.4, -0.2) is 23.3 Å². The van der Waals surface area contributed by atoms with Crippen LogP contribution >= 0.6 is 0 Å². The van der Waals surface area contributed by atoms with Gasteiger partial charge in [-0.1, -0.05) is 18.2 Å². The van der Waals surface area contributed by atoms with Crippen molar-refractivity contribution in [1.82, 2.24) is 9.55 Å². The Labute approximate surface area is 148 Å². The summed E-state index contributed by atoms with van der Waals surface area (Å²) >= 11 is 0. The highest BCUT2D eigenvalue weighted by atomic mass is 16.5. The number of rotatable bonds is 7. The van der Waals surface area contributed by atoms with E-state index in [-0.39, 0.29) is 0 Å². The van der Waals surface area contributed by atoms with Gasteiger partial charge in [0.2, 0.25) is 5.95 Å². The van der Waals surface area contributed by atoms with Gasteiger partial charge in [0.25, 0.3) is 0 Å². The highest BCUT2D eigenvalue weighted by Gasteiger charge is 2.09. The molecule has 0 saturated carbocycles. The summed E-state index contributed by atoms with van der Waals surface area (Å²) in [5.41, 5.74) is 3.24. The number of nitrogens with zero attached hydrogens (tertiary/aromatic N) is 2. The molecule has 0 amide bonds. The monoisotopic (exact) mass is 337 g/mol. The summed E-state index contributed by atoms with van der Waals surface area (Å²) in [6.45, 7) is 3.30. The van der Waals surface area contributed by atoms with E-state index >= 15 is 0 Å². The molecular formula is C20H23N3O2. The molecule has 0 saturated heterocycles. The first kappa shape index (κ1) is 16.9. The summed E-state index contributed by atoms with van der Waals surface area (Å²) in [5, 5.41) is 3.37. The molecule has 0 atom stereocenters. The molecule has 0 bridgehead atoms. The molecule has 1 aromatic heterocycles. The number of anilines is 1. The van der Waals surface area contributed by atoms with Crippen molar-refractivity contribution in [2.24, 2.45) is 7.05 Å². The van der Waals surface area contributed by atoms with Crippen molar-refractivity contribution in [2.75, 3.05) is 19.0 Å². The van der Waals surface area contributed by atoms with E-state index in [1.807, 2.05) is 73.3 Å². The Morgan fingerprint density at radius 3 is 2.56 bits per heavy atom. The van der Waals surface area contributed by atoms with Crippen LogP contribution in [0, 0.1) is 0 Å². The summed E-state index contributed by atoms with van der Waals surface area (Å²) in [6.07, 6.45) is 1.88. The van der Waals surface area contributed by atoms with E-state index in [9.17, 15) is 0 Å². The number of benzene rings is 2. The van der Waals surface area contributed by atoms with Gasteiger partial charge < -0.3 is 19.4 Å². The van der Waals surface area contributed by atoms with Crippen LogP contribution in [0.1, 0.15) is 12.5 Å². The number of imidazole rings is 1. The first-order valence-electron chi connectivity index (χ1n) is 8.33. The van der Waals surface area contributed by atoms with E-state index in [2.05, 4.69) is 10.3 Å². The Hall–Kier alpha value is -2.95. The Morgan fingerprint density at radius 2 is 1.84 bits per heavy atom. The van der Waals surface area contributed by atoms with Gasteiger partial charge in [0.15, 0.2) is 0 Å². The second kappa shape index (κ2) is 7.75. The zero-order valence-corrected chi connectivity index (χ0v) is 14.8. The first-order valence-corrected chi connectivity index (χ1v) is 8.33. The molecule has 0 aliphatic rings. The minimum Gasteiger partial charge on any atom is -0.496 e. The molecule has 0 spiro atoms. The van der Waals surface area contributed by atoms with Crippen LogP contribution in [0.2, 0.25) is 0 Å². The molecule has 0 aliphatic heterocycles. The quantitative estimate of drug-likeness (QED) is 0.705. The fraction of sp³-hybridized carbons (Fsp3) is 0.250. The zero-order chi connectivity index (χ0) is 17.6. The number of ether oxygens (including phenoxy) is 2. The minimum atomic E-state index is 0.650. The summed E-state index contributed by atoms with van der Waals surface area (Å²) in [7, 11) is 3.69. The molecule has 130 valence electrons. The summed E-state index contributed by atoms with van der Waals surface area (Å²) in [5.74, 6) is 2.56. The Bertz CT molecular complexity index is 825. The fourth-order valence-corrected chi connectivity index (χ4v) is 2.75. The van der Waals surface area contributed by atoms with Crippen molar-refractivity contribution in [3.63, 3.8) is 0 Å². The molecule has 0 unspecified atom stereocenters. The van der Waals surface area contributed by atoms with Gasteiger partial charge in [-0.3, -0.25) is 0 Å². The van der Waals surface area contributed by atoms with Crippen LogP contribution in [0.25, 0.3) is 11.3 Å². The molecule has 0 radical (unpaired) electrons. The third-order valence-corrected chi connectivity index (χ3v) is 4.08. The molecule has 2 aromatic carbocycles. The number of methoxy groups -OCH3 is 1. The largest absolute Gasteiger partial charge is 0.496 e. The summed E-state index contributed by atoms with van der Waals surface area (Å²) in [4.78, 5) is 4.50. The number of para-hydroxylation sites is 1. The lowest BCUT2D eigenvalue weighted by molar-refractivity contribution is 0.340. The molecule has 0 aliphatic carbocycles. The van der Waals surface area contributed by atoms with Crippen LogP contribution in [0.15, 0.2) is 54.7 Å². The van der Waals surface area contributed by atoms with Crippen LogP contribution in [0.3, 0.4) is 0 Å². The van der Waals surface area contributed by atoms with Gasteiger partial charge in [-0.25, -0.2) is 4.98 Å². The number of aromatic nitrogens is 2. The van der Waals surface area contributed by atoms with Gasteiger partial charge >= 0.3 is 0 Å². The second-order valence-corrected chi connectivity index (χ2v) is 5.65. The van der Waals surface area contributed by atoms with E-state index in [0.29, 0.717) is 13.2 Å². The molecule has 3 aromatic rings. The van der Waals surface area contributed by atoms with Crippen molar-refractivity contribution >= 4 is 5.95 Å². The number of nitrogens with one attached hydrogen (secondary N) is 1. The van der Waals surface area contributed by atoms with Crippen LogP contribution in [-0.2, 0) is 13.6 Å². The highest BCUT2D eigenvalue weighted by Crippen LogP contribution is 2.25. The molecule has 3 rings (SSSR count). The molecule has 1 N–H and O–H groups in total. The first-order chi connectivity index (χ1) is 12.2. The third kappa shape index (κ3) is 3.76. The predicted octanol–water partition coefficient (Wildman–Crippen LogP) is 4.11. The van der Waals surface area contributed by atoms with E-state index in [0.717, 1.165) is 34.3 Å². The fourth-order valence-electron chi connectivity index (χ4n) is 2.75. The summed E-state index contributed by atoms with van der Waals surface area (Å²) in [6, 6.07) is 16.0. The zero-order valence-electron chi connectivity index (χ0n) is 14.8.